The van der Waals surface area contributed by atoms with Gasteiger partial charge in [0.25, 0.3) is 0 Å². The van der Waals surface area contributed by atoms with Crippen LogP contribution in [-0.4, -0.2) is 22.6 Å². The number of ether oxygens (including phenoxy) is 2. The Labute approximate surface area is 137 Å². The summed E-state index contributed by atoms with van der Waals surface area (Å²) in [6.45, 7) is 2.18. The van der Waals surface area contributed by atoms with Crippen molar-refractivity contribution >= 4 is 10.0 Å². The lowest BCUT2D eigenvalue weighted by molar-refractivity contribution is 0.409. The van der Waals surface area contributed by atoms with Crippen LogP contribution in [0, 0.1) is 0 Å². The predicted molar refractivity (Wildman–Crippen MR) is 89.4 cm³/mol. The minimum absolute atomic E-state index is 0.222. The molecule has 124 valence electrons. The van der Waals surface area contributed by atoms with E-state index in [0.29, 0.717) is 12.2 Å². The molecule has 0 unspecified atom stereocenters. The second-order valence-electron chi connectivity index (χ2n) is 5.00. The smallest absolute Gasteiger partial charge is 0.240 e. The van der Waals surface area contributed by atoms with Gasteiger partial charge in [-0.25, -0.2) is 13.1 Å². The summed E-state index contributed by atoms with van der Waals surface area (Å²) in [5.74, 6) is 1.43. The molecule has 0 aliphatic carbocycles. The van der Waals surface area contributed by atoms with E-state index in [2.05, 4.69) is 4.72 Å². The maximum atomic E-state index is 12.4. The first kappa shape index (κ1) is 17.3. The van der Waals surface area contributed by atoms with Crippen molar-refractivity contribution in [2.45, 2.75) is 24.8 Å². The third-order valence-corrected chi connectivity index (χ3v) is 4.97. The van der Waals surface area contributed by atoms with E-state index in [9.17, 15) is 8.42 Å². The molecule has 0 saturated carbocycles. The van der Waals surface area contributed by atoms with Crippen LogP contribution in [0.3, 0.4) is 0 Å². The lowest BCUT2D eigenvalue weighted by atomic mass is 10.1. The first-order valence-corrected chi connectivity index (χ1v) is 8.78. The molecule has 0 saturated heterocycles. The number of hydrogen-bond donors (Lipinski definition) is 1. The normalized spacial score (nSPS) is 11.3. The van der Waals surface area contributed by atoms with E-state index < -0.39 is 10.0 Å². The highest BCUT2D eigenvalue weighted by atomic mass is 32.2. The van der Waals surface area contributed by atoms with E-state index >= 15 is 0 Å². The van der Waals surface area contributed by atoms with Crippen LogP contribution in [0.4, 0.5) is 0 Å². The molecule has 0 fully saturated rings. The van der Waals surface area contributed by atoms with E-state index in [1.54, 1.807) is 44.6 Å². The van der Waals surface area contributed by atoms with Crippen LogP contribution >= 0.6 is 0 Å². The Hall–Kier alpha value is -2.05. The number of rotatable bonds is 7. The second-order valence-corrected chi connectivity index (χ2v) is 6.77. The molecule has 1 N–H and O–H groups in total. The van der Waals surface area contributed by atoms with Gasteiger partial charge in [-0.3, -0.25) is 0 Å². The van der Waals surface area contributed by atoms with E-state index in [0.717, 1.165) is 16.9 Å². The van der Waals surface area contributed by atoms with Gasteiger partial charge in [-0.2, -0.15) is 0 Å². The zero-order valence-corrected chi connectivity index (χ0v) is 14.3. The van der Waals surface area contributed by atoms with Gasteiger partial charge in [0, 0.05) is 6.54 Å². The Kier molecular flexibility index (Phi) is 5.63. The maximum absolute atomic E-state index is 12.4. The van der Waals surface area contributed by atoms with Crippen molar-refractivity contribution < 1.29 is 17.9 Å². The Morgan fingerprint density at radius 3 is 2.26 bits per heavy atom. The molecule has 0 radical (unpaired) electrons. The summed E-state index contributed by atoms with van der Waals surface area (Å²) in [4.78, 5) is 0.240. The Morgan fingerprint density at radius 1 is 1.00 bits per heavy atom. The molecule has 2 aromatic carbocycles. The third-order valence-electron chi connectivity index (χ3n) is 3.57. The van der Waals surface area contributed by atoms with Crippen LogP contribution < -0.4 is 14.2 Å². The fraction of sp³-hybridized carbons (Fsp3) is 0.294. The van der Waals surface area contributed by atoms with Crippen molar-refractivity contribution in [2.24, 2.45) is 0 Å². The minimum Gasteiger partial charge on any atom is -0.497 e. The maximum Gasteiger partial charge on any atom is 0.240 e. The molecular weight excluding hydrogens is 314 g/mol. The number of aryl methyl sites for hydroxylation is 1. The summed E-state index contributed by atoms with van der Waals surface area (Å²) >= 11 is 0. The number of methoxy groups -OCH3 is 2. The van der Waals surface area contributed by atoms with Gasteiger partial charge in [-0.1, -0.05) is 19.1 Å². The van der Waals surface area contributed by atoms with E-state index in [4.69, 9.17) is 9.47 Å². The standard InChI is InChI=1S/C17H21NO4S/c1-4-14-11-16(9-10-17(14)22-3)23(19,20)18-12-13-5-7-15(21-2)8-6-13/h5-11,18H,4,12H2,1-3H3. The molecule has 0 amide bonds. The molecule has 23 heavy (non-hydrogen) atoms. The molecule has 0 atom stereocenters. The average Bonchev–Trinajstić information content (AvgIpc) is 2.59. The van der Waals surface area contributed by atoms with Gasteiger partial charge < -0.3 is 9.47 Å². The summed E-state index contributed by atoms with van der Waals surface area (Å²) in [5.41, 5.74) is 1.72. The van der Waals surface area contributed by atoms with E-state index in [1.807, 2.05) is 19.1 Å². The van der Waals surface area contributed by atoms with Crippen LogP contribution in [0.15, 0.2) is 47.4 Å². The highest BCUT2D eigenvalue weighted by molar-refractivity contribution is 7.89. The lowest BCUT2D eigenvalue weighted by Gasteiger charge is -2.11. The van der Waals surface area contributed by atoms with Crippen LogP contribution in [0.5, 0.6) is 11.5 Å². The van der Waals surface area contributed by atoms with Crippen molar-refractivity contribution in [1.29, 1.82) is 0 Å². The summed E-state index contributed by atoms with van der Waals surface area (Å²) in [5, 5.41) is 0. The third kappa shape index (κ3) is 4.24. The summed E-state index contributed by atoms with van der Waals surface area (Å²) < 4.78 is 37.8. The SMILES string of the molecule is CCc1cc(S(=O)(=O)NCc2ccc(OC)cc2)ccc1OC. The number of sulfonamides is 1. The van der Waals surface area contributed by atoms with Crippen LogP contribution in [0.2, 0.25) is 0 Å². The molecule has 5 nitrogen and oxygen atoms in total. The highest BCUT2D eigenvalue weighted by Crippen LogP contribution is 2.23. The number of nitrogens with one attached hydrogen (secondary N) is 1. The first-order valence-electron chi connectivity index (χ1n) is 7.29. The molecular formula is C17H21NO4S. The zero-order valence-electron chi connectivity index (χ0n) is 13.5. The molecule has 2 aromatic rings. The molecule has 0 heterocycles. The average molecular weight is 335 g/mol. The molecule has 0 aliphatic rings. The summed E-state index contributed by atoms with van der Waals surface area (Å²) in [6.07, 6.45) is 0.699. The summed E-state index contributed by atoms with van der Waals surface area (Å²) in [6, 6.07) is 12.1. The van der Waals surface area contributed by atoms with Gasteiger partial charge >= 0.3 is 0 Å². The van der Waals surface area contributed by atoms with Crippen molar-refractivity contribution in [2.75, 3.05) is 14.2 Å². The van der Waals surface area contributed by atoms with E-state index in [1.165, 1.54) is 0 Å². The fourth-order valence-electron chi connectivity index (χ4n) is 2.20. The molecule has 2 rings (SSSR count). The Morgan fingerprint density at radius 2 is 1.70 bits per heavy atom. The number of hydrogen-bond acceptors (Lipinski definition) is 4. The topological polar surface area (TPSA) is 64.6 Å². The molecule has 0 spiro atoms. The lowest BCUT2D eigenvalue weighted by Crippen LogP contribution is -2.23. The first-order chi connectivity index (χ1) is 11.0. The molecule has 0 aliphatic heterocycles. The predicted octanol–water partition coefficient (Wildman–Crippen LogP) is 2.74. The number of benzene rings is 2. The van der Waals surface area contributed by atoms with Crippen LogP contribution in [0.25, 0.3) is 0 Å². The van der Waals surface area contributed by atoms with Crippen molar-refractivity contribution in [3.63, 3.8) is 0 Å². The van der Waals surface area contributed by atoms with Gasteiger partial charge in [0.15, 0.2) is 0 Å². The Balaban J connectivity index is 2.14. The monoisotopic (exact) mass is 335 g/mol. The van der Waals surface area contributed by atoms with E-state index in [-0.39, 0.29) is 11.4 Å². The Bertz CT molecular complexity index is 755. The highest BCUT2D eigenvalue weighted by Gasteiger charge is 2.15. The largest absolute Gasteiger partial charge is 0.497 e. The second kappa shape index (κ2) is 7.48. The van der Waals surface area contributed by atoms with Crippen molar-refractivity contribution in [3.05, 3.63) is 53.6 Å². The van der Waals surface area contributed by atoms with Gasteiger partial charge in [-0.05, 0) is 47.9 Å². The summed E-state index contributed by atoms with van der Waals surface area (Å²) in [7, 11) is -0.405. The molecule has 0 aromatic heterocycles. The molecule has 6 heteroatoms. The van der Waals surface area contributed by atoms with Gasteiger partial charge in [0.05, 0.1) is 19.1 Å². The molecule has 0 bridgehead atoms. The van der Waals surface area contributed by atoms with Gasteiger partial charge in [-0.15, -0.1) is 0 Å². The van der Waals surface area contributed by atoms with Crippen LogP contribution in [-0.2, 0) is 23.0 Å². The minimum atomic E-state index is -3.57. The van der Waals surface area contributed by atoms with Gasteiger partial charge in [0.2, 0.25) is 10.0 Å². The quantitative estimate of drug-likeness (QED) is 0.845. The fourth-order valence-corrected chi connectivity index (χ4v) is 3.27. The van der Waals surface area contributed by atoms with Crippen molar-refractivity contribution in [3.8, 4) is 11.5 Å². The van der Waals surface area contributed by atoms with Gasteiger partial charge in [0.1, 0.15) is 11.5 Å². The van der Waals surface area contributed by atoms with Crippen LogP contribution in [0.1, 0.15) is 18.1 Å². The zero-order chi connectivity index (χ0) is 16.9. The van der Waals surface area contributed by atoms with Crippen molar-refractivity contribution in [1.82, 2.24) is 4.72 Å².